The van der Waals surface area contributed by atoms with Crippen molar-refractivity contribution in [2.45, 2.75) is 38.1 Å². The Balaban J connectivity index is 1.61. The van der Waals surface area contributed by atoms with Crippen LogP contribution in [0.1, 0.15) is 32.1 Å². The van der Waals surface area contributed by atoms with Crippen LogP contribution in [-0.2, 0) is 0 Å². The van der Waals surface area contributed by atoms with Gasteiger partial charge >= 0.3 is 0 Å². The lowest BCUT2D eigenvalue weighted by molar-refractivity contribution is 0.462. The summed E-state index contributed by atoms with van der Waals surface area (Å²) in [4.78, 5) is 8.77. The molecule has 0 spiro atoms. The number of rotatable bonds is 6. The zero-order chi connectivity index (χ0) is 19.2. The summed E-state index contributed by atoms with van der Waals surface area (Å²) in [5, 5.41) is 5.48. The summed E-state index contributed by atoms with van der Waals surface area (Å²) in [6, 6.07) is 20.6. The Kier molecular flexibility index (Phi) is 5.56. The van der Waals surface area contributed by atoms with Gasteiger partial charge in [0.05, 0.1) is 11.4 Å². The van der Waals surface area contributed by atoms with Crippen molar-refractivity contribution in [2.24, 2.45) is 0 Å². The van der Waals surface area contributed by atoms with Crippen molar-refractivity contribution >= 4 is 28.7 Å². The summed E-state index contributed by atoms with van der Waals surface area (Å²) in [7, 11) is 0. The van der Waals surface area contributed by atoms with Crippen LogP contribution < -0.4 is 21.5 Å². The van der Waals surface area contributed by atoms with Gasteiger partial charge in [0.2, 0.25) is 0 Å². The zero-order valence-electron chi connectivity index (χ0n) is 15.9. The van der Waals surface area contributed by atoms with E-state index in [-0.39, 0.29) is 0 Å². The van der Waals surface area contributed by atoms with Crippen LogP contribution in [0.3, 0.4) is 0 Å². The number of hydrogen-bond donors (Lipinski definition) is 3. The molecule has 4 rings (SSSR count). The summed E-state index contributed by atoms with van der Waals surface area (Å²) < 4.78 is 0. The van der Waals surface area contributed by atoms with E-state index in [1.54, 1.807) is 6.33 Å². The molecule has 0 bridgehead atoms. The molecule has 0 atom stereocenters. The lowest BCUT2D eigenvalue weighted by Crippen LogP contribution is -2.27. The normalized spacial score (nSPS) is 14.4. The van der Waals surface area contributed by atoms with Crippen molar-refractivity contribution in [3.05, 3.63) is 67.0 Å². The molecule has 1 fully saturated rings. The molecule has 0 aliphatic heterocycles. The fourth-order valence-electron chi connectivity index (χ4n) is 3.58. The molecular formula is C22H26N6. The van der Waals surface area contributed by atoms with E-state index in [0.29, 0.717) is 23.4 Å². The minimum atomic E-state index is 0.429. The van der Waals surface area contributed by atoms with Crippen molar-refractivity contribution in [1.82, 2.24) is 9.97 Å². The van der Waals surface area contributed by atoms with Crippen LogP contribution in [0.4, 0.5) is 28.7 Å². The molecule has 3 aromatic rings. The summed E-state index contributed by atoms with van der Waals surface area (Å²) >= 11 is 0. The van der Waals surface area contributed by atoms with Gasteiger partial charge in [-0.15, -0.1) is 0 Å². The molecule has 4 N–H and O–H groups in total. The van der Waals surface area contributed by atoms with E-state index in [9.17, 15) is 0 Å². The molecule has 144 valence electrons. The lowest BCUT2D eigenvalue weighted by Gasteiger charge is -2.28. The number of anilines is 5. The maximum Gasteiger partial charge on any atom is 0.173 e. The first-order valence-electron chi connectivity index (χ1n) is 9.85. The summed E-state index contributed by atoms with van der Waals surface area (Å²) in [6.45, 7) is 0. The first-order chi connectivity index (χ1) is 13.8. The van der Waals surface area contributed by atoms with Gasteiger partial charge in [-0.2, -0.15) is 0 Å². The Hall–Kier alpha value is -3.28. The number of aromatic nitrogens is 2. The standard InChI is InChI=1S/C22H26N6/c23-20-21(26-17-10-4-1-5-11-17)24-16-25-22(20)27-28(18-12-6-2-7-13-18)19-14-8-3-9-15-19/h2-3,6-9,12-17H,1,4-5,10-11,23H2,(H2,24,25,26,27). The van der Waals surface area contributed by atoms with Crippen LogP contribution >= 0.6 is 0 Å². The van der Waals surface area contributed by atoms with Crippen molar-refractivity contribution in [2.75, 3.05) is 21.5 Å². The molecule has 2 aromatic carbocycles. The maximum atomic E-state index is 6.43. The van der Waals surface area contributed by atoms with Gasteiger partial charge < -0.3 is 11.1 Å². The van der Waals surface area contributed by atoms with Gasteiger partial charge in [-0.1, -0.05) is 55.7 Å². The monoisotopic (exact) mass is 374 g/mol. The number of nitrogen functional groups attached to an aromatic ring is 1. The minimum absolute atomic E-state index is 0.429. The number of hydrogen-bond acceptors (Lipinski definition) is 6. The summed E-state index contributed by atoms with van der Waals surface area (Å²) in [6.07, 6.45) is 7.69. The Labute approximate surface area is 165 Å². The Morgan fingerprint density at radius 1 is 0.786 bits per heavy atom. The van der Waals surface area contributed by atoms with E-state index in [1.807, 2.05) is 65.7 Å². The van der Waals surface area contributed by atoms with E-state index in [1.165, 1.54) is 19.3 Å². The van der Waals surface area contributed by atoms with E-state index in [2.05, 4.69) is 20.7 Å². The molecule has 1 heterocycles. The summed E-state index contributed by atoms with van der Waals surface area (Å²) in [5.41, 5.74) is 12.3. The predicted molar refractivity (Wildman–Crippen MR) is 116 cm³/mol. The van der Waals surface area contributed by atoms with Crippen molar-refractivity contribution in [3.63, 3.8) is 0 Å². The highest BCUT2D eigenvalue weighted by atomic mass is 15.5. The van der Waals surface area contributed by atoms with Crippen LogP contribution in [0, 0.1) is 0 Å². The van der Waals surface area contributed by atoms with Crippen molar-refractivity contribution < 1.29 is 0 Å². The lowest BCUT2D eigenvalue weighted by atomic mass is 9.95. The van der Waals surface area contributed by atoms with E-state index >= 15 is 0 Å². The van der Waals surface area contributed by atoms with E-state index in [0.717, 1.165) is 24.2 Å². The van der Waals surface area contributed by atoms with Gasteiger partial charge in [-0.25, -0.2) is 9.97 Å². The van der Waals surface area contributed by atoms with Crippen LogP contribution in [0.25, 0.3) is 0 Å². The fourth-order valence-corrected chi connectivity index (χ4v) is 3.58. The van der Waals surface area contributed by atoms with Crippen LogP contribution in [-0.4, -0.2) is 16.0 Å². The van der Waals surface area contributed by atoms with Gasteiger partial charge in [0.15, 0.2) is 11.6 Å². The molecular weight excluding hydrogens is 348 g/mol. The highest BCUT2D eigenvalue weighted by Crippen LogP contribution is 2.30. The average molecular weight is 374 g/mol. The van der Waals surface area contributed by atoms with Crippen LogP contribution in [0.5, 0.6) is 0 Å². The molecule has 6 heteroatoms. The molecule has 0 amide bonds. The number of para-hydroxylation sites is 2. The Bertz CT molecular complexity index is 839. The largest absolute Gasteiger partial charge is 0.393 e. The SMILES string of the molecule is Nc1c(NC2CCCCC2)ncnc1NN(c1ccccc1)c1ccccc1. The third-order valence-corrected chi connectivity index (χ3v) is 5.08. The number of hydrazine groups is 1. The highest BCUT2D eigenvalue weighted by Gasteiger charge is 2.18. The molecule has 1 aliphatic rings. The van der Waals surface area contributed by atoms with Gasteiger partial charge in [-0.05, 0) is 37.1 Å². The topological polar surface area (TPSA) is 79.1 Å². The van der Waals surface area contributed by atoms with Gasteiger partial charge in [0, 0.05) is 6.04 Å². The molecule has 0 saturated heterocycles. The Morgan fingerprint density at radius 3 is 1.96 bits per heavy atom. The fraction of sp³-hybridized carbons (Fsp3) is 0.273. The summed E-state index contributed by atoms with van der Waals surface area (Å²) in [5.74, 6) is 1.28. The third kappa shape index (κ3) is 4.17. The van der Waals surface area contributed by atoms with Crippen molar-refractivity contribution in [1.29, 1.82) is 0 Å². The first-order valence-corrected chi connectivity index (χ1v) is 9.85. The Morgan fingerprint density at radius 2 is 1.36 bits per heavy atom. The molecule has 1 saturated carbocycles. The molecule has 6 nitrogen and oxygen atoms in total. The second kappa shape index (κ2) is 8.61. The molecule has 28 heavy (non-hydrogen) atoms. The quantitative estimate of drug-likeness (QED) is 0.529. The minimum Gasteiger partial charge on any atom is -0.393 e. The number of nitrogens with zero attached hydrogens (tertiary/aromatic N) is 3. The van der Waals surface area contributed by atoms with Gasteiger partial charge in [0.25, 0.3) is 0 Å². The van der Waals surface area contributed by atoms with Crippen LogP contribution in [0.15, 0.2) is 67.0 Å². The number of benzene rings is 2. The molecule has 0 radical (unpaired) electrons. The molecule has 0 unspecified atom stereocenters. The first kappa shape index (κ1) is 18.1. The molecule has 1 aliphatic carbocycles. The molecule has 1 aromatic heterocycles. The number of nitrogens with two attached hydrogens (primary N) is 1. The maximum absolute atomic E-state index is 6.43. The highest BCUT2D eigenvalue weighted by molar-refractivity contribution is 5.78. The predicted octanol–water partition coefficient (Wildman–Crippen LogP) is 4.97. The second-order valence-corrected chi connectivity index (χ2v) is 7.08. The smallest absolute Gasteiger partial charge is 0.173 e. The van der Waals surface area contributed by atoms with Gasteiger partial charge in [0.1, 0.15) is 12.0 Å². The number of nitrogens with one attached hydrogen (secondary N) is 2. The van der Waals surface area contributed by atoms with E-state index < -0.39 is 0 Å². The van der Waals surface area contributed by atoms with Crippen LogP contribution in [0.2, 0.25) is 0 Å². The zero-order valence-corrected chi connectivity index (χ0v) is 15.9. The average Bonchev–Trinajstić information content (AvgIpc) is 2.76. The van der Waals surface area contributed by atoms with Gasteiger partial charge in [-0.3, -0.25) is 10.4 Å². The van der Waals surface area contributed by atoms with Crippen molar-refractivity contribution in [3.8, 4) is 0 Å². The third-order valence-electron chi connectivity index (χ3n) is 5.08. The second-order valence-electron chi connectivity index (χ2n) is 7.08. The van der Waals surface area contributed by atoms with E-state index in [4.69, 9.17) is 5.73 Å².